The minimum atomic E-state index is -4.20. The van der Waals surface area contributed by atoms with Crippen molar-refractivity contribution in [2.45, 2.75) is 50.6 Å². The van der Waals surface area contributed by atoms with Gasteiger partial charge in [-0.3, -0.25) is 14.5 Å². The van der Waals surface area contributed by atoms with Crippen LogP contribution in [0, 0.1) is 5.82 Å². The summed E-state index contributed by atoms with van der Waals surface area (Å²) < 4.78 is 44.0. The molecule has 0 aliphatic rings. The van der Waals surface area contributed by atoms with E-state index in [2.05, 4.69) is 14.8 Å². The number of nitrogens with one attached hydrogen (secondary N) is 1. The fourth-order valence-electron chi connectivity index (χ4n) is 4.19. The maximum Gasteiger partial charge on any atom is 0.283 e. The fourth-order valence-corrected chi connectivity index (χ4v) is 5.10. The quantitative estimate of drug-likeness (QED) is 0.482. The zero-order valence-corrected chi connectivity index (χ0v) is 21.7. The molecule has 3 rings (SSSR count). The van der Waals surface area contributed by atoms with Crippen LogP contribution in [-0.2, 0) is 26.8 Å². The number of halogens is 1. The molecule has 3 aromatic rings. The monoisotopic (exact) mass is 501 g/mol. The van der Waals surface area contributed by atoms with Crippen molar-refractivity contribution in [2.75, 3.05) is 20.6 Å². The van der Waals surface area contributed by atoms with Crippen molar-refractivity contribution in [1.29, 1.82) is 0 Å². The third kappa shape index (κ3) is 6.32. The van der Waals surface area contributed by atoms with Gasteiger partial charge in [-0.2, -0.15) is 13.5 Å². The van der Waals surface area contributed by atoms with Gasteiger partial charge >= 0.3 is 0 Å². The number of aromatic nitrogens is 3. The summed E-state index contributed by atoms with van der Waals surface area (Å²) in [5.41, 5.74) is 1.96. The Balaban J connectivity index is 1.90. The molecule has 0 spiro atoms. The van der Waals surface area contributed by atoms with Gasteiger partial charge in [0.2, 0.25) is 5.91 Å². The van der Waals surface area contributed by atoms with Crippen molar-refractivity contribution in [1.82, 2.24) is 24.4 Å². The molecule has 188 valence electrons. The molecular formula is C25H32FN5O3S. The summed E-state index contributed by atoms with van der Waals surface area (Å²) in [4.78, 5) is 18.9. The zero-order chi connectivity index (χ0) is 26.0. The van der Waals surface area contributed by atoms with Crippen molar-refractivity contribution in [3.63, 3.8) is 0 Å². The van der Waals surface area contributed by atoms with Gasteiger partial charge in [0.25, 0.3) is 10.0 Å². The second kappa shape index (κ2) is 10.2. The molecule has 1 amide bonds. The lowest BCUT2D eigenvalue weighted by atomic mass is 9.88. The first-order valence-electron chi connectivity index (χ1n) is 11.3. The zero-order valence-electron chi connectivity index (χ0n) is 20.9. The van der Waals surface area contributed by atoms with Gasteiger partial charge in [0.05, 0.1) is 12.0 Å². The van der Waals surface area contributed by atoms with Crippen LogP contribution in [0.3, 0.4) is 0 Å². The van der Waals surface area contributed by atoms with Crippen molar-refractivity contribution in [3.05, 3.63) is 65.9 Å². The molecule has 0 aliphatic heterocycles. The minimum absolute atomic E-state index is 0.0830. The number of carbonyl (C=O) groups is 1. The van der Waals surface area contributed by atoms with E-state index >= 15 is 0 Å². The molecule has 0 aliphatic carbocycles. The summed E-state index contributed by atoms with van der Waals surface area (Å²) in [6, 6.07) is 7.55. The molecule has 1 aromatic carbocycles. The van der Waals surface area contributed by atoms with Gasteiger partial charge in [0.15, 0.2) is 5.03 Å². The Bertz CT molecular complexity index is 1300. The SMILES string of the molecule is CC(C)c1cc(F)cc(-c2ccncc2)c1CC(=O)NS(=O)(=O)c1ccn(C(C)(C)CN(C)C)n1. The van der Waals surface area contributed by atoms with Crippen LogP contribution in [0.15, 0.2) is 53.9 Å². The summed E-state index contributed by atoms with van der Waals surface area (Å²) in [6.45, 7) is 8.31. The first-order chi connectivity index (χ1) is 16.3. The number of rotatable bonds is 9. The second-order valence-electron chi connectivity index (χ2n) is 9.77. The van der Waals surface area contributed by atoms with Crippen LogP contribution in [0.25, 0.3) is 11.1 Å². The summed E-state index contributed by atoms with van der Waals surface area (Å²) in [7, 11) is -0.354. The lowest BCUT2D eigenvalue weighted by molar-refractivity contribution is -0.118. The number of nitrogens with zero attached hydrogens (tertiary/aromatic N) is 4. The van der Waals surface area contributed by atoms with Gasteiger partial charge in [-0.25, -0.2) is 9.11 Å². The Morgan fingerprint density at radius 1 is 1.17 bits per heavy atom. The van der Waals surface area contributed by atoms with Crippen LogP contribution < -0.4 is 4.72 Å². The maximum absolute atomic E-state index is 14.4. The highest BCUT2D eigenvalue weighted by Crippen LogP contribution is 2.32. The third-order valence-electron chi connectivity index (χ3n) is 5.61. The first kappa shape index (κ1) is 26.5. The number of likely N-dealkylation sites (N-methyl/N-ethyl adjacent to an activating group) is 1. The molecule has 0 radical (unpaired) electrons. The number of benzene rings is 1. The van der Waals surface area contributed by atoms with Crippen molar-refractivity contribution in [3.8, 4) is 11.1 Å². The van der Waals surface area contributed by atoms with E-state index in [4.69, 9.17) is 0 Å². The summed E-state index contributed by atoms with van der Waals surface area (Å²) in [6.07, 6.45) is 4.51. The van der Waals surface area contributed by atoms with Crippen molar-refractivity contribution in [2.24, 2.45) is 0 Å². The number of hydrogen-bond acceptors (Lipinski definition) is 6. The molecule has 2 heterocycles. The predicted octanol–water partition coefficient (Wildman–Crippen LogP) is 3.55. The topological polar surface area (TPSA) is 97.2 Å². The van der Waals surface area contributed by atoms with Crippen LogP contribution in [-0.4, -0.2) is 54.6 Å². The second-order valence-corrected chi connectivity index (χ2v) is 11.4. The lowest BCUT2D eigenvalue weighted by Gasteiger charge is -2.28. The molecular weight excluding hydrogens is 469 g/mol. The molecule has 35 heavy (non-hydrogen) atoms. The minimum Gasteiger partial charge on any atom is -0.307 e. The average Bonchev–Trinajstić information content (AvgIpc) is 3.26. The molecule has 0 fully saturated rings. The molecule has 0 saturated heterocycles. The number of amides is 1. The number of hydrogen-bond donors (Lipinski definition) is 1. The lowest BCUT2D eigenvalue weighted by Crippen LogP contribution is -2.38. The van der Waals surface area contributed by atoms with Gasteiger partial charge in [0.1, 0.15) is 5.82 Å². The molecule has 2 aromatic heterocycles. The normalized spacial score (nSPS) is 12.4. The fraction of sp³-hybridized carbons (Fsp3) is 0.400. The first-order valence-corrected chi connectivity index (χ1v) is 12.8. The van der Waals surface area contributed by atoms with E-state index in [0.717, 1.165) is 0 Å². The van der Waals surface area contributed by atoms with Gasteiger partial charge in [0, 0.05) is 25.1 Å². The highest BCUT2D eigenvalue weighted by Gasteiger charge is 2.27. The third-order valence-corrected chi connectivity index (χ3v) is 6.88. The van der Waals surface area contributed by atoms with E-state index in [1.54, 1.807) is 35.4 Å². The highest BCUT2D eigenvalue weighted by atomic mass is 32.2. The average molecular weight is 502 g/mol. The predicted molar refractivity (Wildman–Crippen MR) is 133 cm³/mol. The van der Waals surface area contributed by atoms with E-state index in [9.17, 15) is 17.6 Å². The maximum atomic E-state index is 14.4. The standard InChI is InChI=1S/C25H32FN5O3S/c1-17(2)20-13-19(26)14-21(18-7-10-27-11-8-18)22(20)15-23(32)29-35(33,34)24-9-12-31(28-24)25(3,4)16-30(5)6/h7-14,17H,15-16H2,1-6H3,(H,29,32). The van der Waals surface area contributed by atoms with Crippen LogP contribution >= 0.6 is 0 Å². The van der Waals surface area contributed by atoms with E-state index in [1.165, 1.54) is 18.2 Å². The van der Waals surface area contributed by atoms with Crippen LogP contribution in [0.4, 0.5) is 4.39 Å². The van der Waals surface area contributed by atoms with E-state index in [0.29, 0.717) is 28.8 Å². The Morgan fingerprint density at radius 3 is 2.43 bits per heavy atom. The molecule has 1 N–H and O–H groups in total. The number of sulfonamides is 1. The van der Waals surface area contributed by atoms with Crippen LogP contribution in [0.2, 0.25) is 0 Å². The molecule has 10 heteroatoms. The Hall–Kier alpha value is -3.11. The van der Waals surface area contributed by atoms with Gasteiger partial charge in [-0.15, -0.1) is 0 Å². The summed E-state index contributed by atoms with van der Waals surface area (Å²) in [5.74, 6) is -1.24. The molecule has 0 atom stereocenters. The number of pyridine rings is 1. The highest BCUT2D eigenvalue weighted by molar-refractivity contribution is 7.90. The molecule has 8 nitrogen and oxygen atoms in total. The van der Waals surface area contributed by atoms with Gasteiger partial charge in [-0.05, 0) is 86.4 Å². The Morgan fingerprint density at radius 2 is 1.83 bits per heavy atom. The van der Waals surface area contributed by atoms with E-state index < -0.39 is 27.3 Å². The van der Waals surface area contributed by atoms with E-state index in [1.807, 2.05) is 46.7 Å². The Labute approximate surface area is 206 Å². The van der Waals surface area contributed by atoms with Crippen molar-refractivity contribution >= 4 is 15.9 Å². The Kier molecular flexibility index (Phi) is 7.76. The number of carbonyl (C=O) groups excluding carboxylic acids is 1. The van der Waals surface area contributed by atoms with Gasteiger partial charge in [-0.1, -0.05) is 13.8 Å². The summed E-state index contributed by atoms with van der Waals surface area (Å²) in [5, 5.41) is 3.98. The van der Waals surface area contributed by atoms with Crippen molar-refractivity contribution < 1.29 is 17.6 Å². The van der Waals surface area contributed by atoms with Gasteiger partial charge < -0.3 is 4.90 Å². The molecule has 0 unspecified atom stereocenters. The van der Waals surface area contributed by atoms with Crippen LogP contribution in [0.5, 0.6) is 0 Å². The largest absolute Gasteiger partial charge is 0.307 e. The van der Waals surface area contributed by atoms with Crippen LogP contribution in [0.1, 0.15) is 44.7 Å². The molecule has 0 saturated carbocycles. The van der Waals surface area contributed by atoms with E-state index in [-0.39, 0.29) is 17.4 Å². The molecule has 0 bridgehead atoms. The summed E-state index contributed by atoms with van der Waals surface area (Å²) >= 11 is 0. The smallest absolute Gasteiger partial charge is 0.283 e.